The minimum atomic E-state index is -0.655. The average Bonchev–Trinajstić information content (AvgIpc) is 2.36. The molecule has 0 fully saturated rings. The van der Waals surface area contributed by atoms with E-state index in [1.807, 2.05) is 18.2 Å². The minimum absolute atomic E-state index is 0.400. The zero-order chi connectivity index (χ0) is 13.0. The first-order valence-electron chi connectivity index (χ1n) is 5.39. The molecule has 0 aliphatic heterocycles. The van der Waals surface area contributed by atoms with Gasteiger partial charge in [-0.3, -0.25) is 0 Å². The van der Waals surface area contributed by atoms with Crippen molar-refractivity contribution in [3.05, 3.63) is 71.3 Å². The first-order valence-corrected chi connectivity index (χ1v) is 5.39. The van der Waals surface area contributed by atoms with Crippen LogP contribution in [-0.4, -0.2) is 11.4 Å². The summed E-state index contributed by atoms with van der Waals surface area (Å²) in [5.41, 5.74) is 1.19. The summed E-state index contributed by atoms with van der Waals surface area (Å²) in [4.78, 5) is 0. The van der Waals surface area contributed by atoms with Gasteiger partial charge in [-0.1, -0.05) is 30.3 Å². The van der Waals surface area contributed by atoms with Crippen molar-refractivity contribution in [3.8, 4) is 0 Å². The molecule has 4 heteroatoms. The van der Waals surface area contributed by atoms with Crippen LogP contribution in [0.15, 0.2) is 53.7 Å². The second-order valence-corrected chi connectivity index (χ2v) is 3.86. The molecular weight excluding hydrogens is 236 g/mol. The highest BCUT2D eigenvalue weighted by Gasteiger charge is 2.14. The highest BCUT2D eigenvalue weighted by atomic mass is 19.1. The first-order chi connectivity index (χ1) is 8.70. The van der Waals surface area contributed by atoms with Crippen molar-refractivity contribution in [2.45, 2.75) is 5.92 Å². The van der Waals surface area contributed by atoms with Gasteiger partial charge >= 0.3 is 0 Å². The molecule has 0 spiro atoms. The van der Waals surface area contributed by atoms with Crippen molar-refractivity contribution in [3.63, 3.8) is 0 Å². The molecule has 0 radical (unpaired) electrons. The smallest absolute Gasteiger partial charge is 0.126 e. The van der Waals surface area contributed by atoms with E-state index in [-0.39, 0.29) is 0 Å². The Balaban J connectivity index is 2.48. The molecule has 1 unspecified atom stereocenters. The number of hydrogen-bond donors (Lipinski definition) is 1. The standard InChI is InChI=1S/C14H11F2NO/c15-12-6-11(7-13(16)8-12)14(9-17-18)10-4-2-1-3-5-10/h1-9,14,18H/b17-9+. The van der Waals surface area contributed by atoms with Gasteiger partial charge in [-0.25, -0.2) is 8.78 Å². The van der Waals surface area contributed by atoms with E-state index in [2.05, 4.69) is 5.16 Å². The topological polar surface area (TPSA) is 32.6 Å². The lowest BCUT2D eigenvalue weighted by molar-refractivity contribution is 0.320. The fourth-order valence-corrected chi connectivity index (χ4v) is 1.85. The maximum absolute atomic E-state index is 13.2. The van der Waals surface area contributed by atoms with Crippen LogP contribution in [0.1, 0.15) is 17.0 Å². The van der Waals surface area contributed by atoms with E-state index in [4.69, 9.17) is 5.21 Å². The van der Waals surface area contributed by atoms with Crippen LogP contribution in [0.5, 0.6) is 0 Å². The van der Waals surface area contributed by atoms with Crippen LogP contribution in [-0.2, 0) is 0 Å². The van der Waals surface area contributed by atoms with Gasteiger partial charge in [0.2, 0.25) is 0 Å². The Hall–Kier alpha value is -2.23. The zero-order valence-electron chi connectivity index (χ0n) is 9.42. The molecule has 92 valence electrons. The Bertz CT molecular complexity index is 535. The third-order valence-corrected chi connectivity index (χ3v) is 2.62. The Morgan fingerprint density at radius 1 is 0.944 bits per heavy atom. The molecule has 2 rings (SSSR count). The summed E-state index contributed by atoms with van der Waals surface area (Å²) in [6, 6.07) is 12.3. The van der Waals surface area contributed by atoms with Gasteiger partial charge in [-0.05, 0) is 23.3 Å². The van der Waals surface area contributed by atoms with E-state index in [1.54, 1.807) is 12.1 Å². The number of benzene rings is 2. The number of hydrogen-bond acceptors (Lipinski definition) is 2. The predicted octanol–water partition coefficient (Wildman–Crippen LogP) is 3.56. The van der Waals surface area contributed by atoms with Crippen molar-refractivity contribution >= 4 is 6.21 Å². The Morgan fingerprint density at radius 3 is 2.11 bits per heavy atom. The highest BCUT2D eigenvalue weighted by Crippen LogP contribution is 2.24. The monoisotopic (exact) mass is 247 g/mol. The summed E-state index contributed by atoms with van der Waals surface area (Å²) in [6.07, 6.45) is 1.24. The molecule has 0 bridgehead atoms. The lowest BCUT2D eigenvalue weighted by atomic mass is 9.92. The maximum Gasteiger partial charge on any atom is 0.126 e. The van der Waals surface area contributed by atoms with Gasteiger partial charge in [-0.2, -0.15) is 0 Å². The summed E-state index contributed by atoms with van der Waals surface area (Å²) < 4.78 is 26.4. The van der Waals surface area contributed by atoms with Gasteiger partial charge in [0.25, 0.3) is 0 Å². The minimum Gasteiger partial charge on any atom is -0.411 e. The molecular formula is C14H11F2NO. The molecule has 0 saturated carbocycles. The maximum atomic E-state index is 13.2. The number of rotatable bonds is 3. The predicted molar refractivity (Wildman–Crippen MR) is 64.9 cm³/mol. The van der Waals surface area contributed by atoms with E-state index in [1.165, 1.54) is 18.3 Å². The largest absolute Gasteiger partial charge is 0.411 e. The SMILES string of the molecule is O/N=C/C(c1ccccc1)c1cc(F)cc(F)c1. The van der Waals surface area contributed by atoms with Crippen LogP contribution >= 0.6 is 0 Å². The van der Waals surface area contributed by atoms with E-state index >= 15 is 0 Å². The molecule has 0 aromatic heterocycles. The normalized spacial score (nSPS) is 12.8. The van der Waals surface area contributed by atoms with Gasteiger partial charge in [0.1, 0.15) is 11.6 Å². The van der Waals surface area contributed by atoms with Gasteiger partial charge in [-0.15, -0.1) is 5.16 Å². The molecule has 1 atom stereocenters. The summed E-state index contributed by atoms with van der Waals surface area (Å²) >= 11 is 0. The molecule has 2 aromatic rings. The van der Waals surface area contributed by atoms with Crippen LogP contribution in [0.2, 0.25) is 0 Å². The second-order valence-electron chi connectivity index (χ2n) is 3.86. The molecule has 0 heterocycles. The molecule has 2 nitrogen and oxygen atoms in total. The van der Waals surface area contributed by atoms with Crippen molar-refractivity contribution in [1.82, 2.24) is 0 Å². The summed E-state index contributed by atoms with van der Waals surface area (Å²) in [5.74, 6) is -1.80. The van der Waals surface area contributed by atoms with Crippen LogP contribution in [0.3, 0.4) is 0 Å². The van der Waals surface area contributed by atoms with Crippen molar-refractivity contribution in [2.24, 2.45) is 5.16 Å². The van der Waals surface area contributed by atoms with Crippen LogP contribution in [0.4, 0.5) is 8.78 Å². The van der Waals surface area contributed by atoms with Crippen LogP contribution < -0.4 is 0 Å². The van der Waals surface area contributed by atoms with Crippen molar-refractivity contribution < 1.29 is 14.0 Å². The van der Waals surface area contributed by atoms with Gasteiger partial charge in [0.15, 0.2) is 0 Å². The highest BCUT2D eigenvalue weighted by molar-refractivity contribution is 5.72. The fourth-order valence-electron chi connectivity index (χ4n) is 1.85. The molecule has 1 N–H and O–H groups in total. The number of oxime groups is 1. The quantitative estimate of drug-likeness (QED) is 0.502. The molecule has 18 heavy (non-hydrogen) atoms. The lowest BCUT2D eigenvalue weighted by Gasteiger charge is -2.12. The van der Waals surface area contributed by atoms with E-state index in [9.17, 15) is 8.78 Å². The number of nitrogens with zero attached hydrogens (tertiary/aromatic N) is 1. The van der Waals surface area contributed by atoms with Crippen LogP contribution in [0, 0.1) is 11.6 Å². The first kappa shape index (κ1) is 12.2. The third-order valence-electron chi connectivity index (χ3n) is 2.62. The van der Waals surface area contributed by atoms with E-state index in [0.29, 0.717) is 5.56 Å². The average molecular weight is 247 g/mol. The van der Waals surface area contributed by atoms with Crippen molar-refractivity contribution in [1.29, 1.82) is 0 Å². The summed E-state index contributed by atoms with van der Waals surface area (Å²) in [5, 5.41) is 11.7. The Labute approximate surface area is 103 Å². The lowest BCUT2D eigenvalue weighted by Crippen LogP contribution is -2.04. The molecule has 0 amide bonds. The van der Waals surface area contributed by atoms with Gasteiger partial charge in [0, 0.05) is 12.0 Å². The van der Waals surface area contributed by atoms with E-state index < -0.39 is 17.6 Å². The zero-order valence-corrected chi connectivity index (χ0v) is 9.42. The van der Waals surface area contributed by atoms with Gasteiger partial charge < -0.3 is 5.21 Å². The summed E-state index contributed by atoms with van der Waals surface area (Å²) in [7, 11) is 0. The fraction of sp³-hybridized carbons (Fsp3) is 0.0714. The number of halogens is 2. The van der Waals surface area contributed by atoms with E-state index in [0.717, 1.165) is 11.6 Å². The third kappa shape index (κ3) is 2.71. The molecule has 0 saturated heterocycles. The molecule has 2 aromatic carbocycles. The van der Waals surface area contributed by atoms with Crippen LogP contribution in [0.25, 0.3) is 0 Å². The molecule has 0 aliphatic carbocycles. The van der Waals surface area contributed by atoms with Crippen molar-refractivity contribution in [2.75, 3.05) is 0 Å². The van der Waals surface area contributed by atoms with Gasteiger partial charge in [0.05, 0.1) is 6.21 Å². The second kappa shape index (κ2) is 5.40. The Kier molecular flexibility index (Phi) is 3.67. The Morgan fingerprint density at radius 2 is 1.56 bits per heavy atom. The summed E-state index contributed by atoms with van der Waals surface area (Å²) in [6.45, 7) is 0. The molecule has 0 aliphatic rings.